The van der Waals surface area contributed by atoms with Gasteiger partial charge in [-0.25, -0.2) is 4.18 Å². The fraction of sp³-hybridized carbons (Fsp3) is 0.811. The first kappa shape index (κ1) is 47.3. The van der Waals surface area contributed by atoms with Crippen molar-refractivity contribution in [3.63, 3.8) is 0 Å². The standard InChI is InChI=1S/C37H67NO12S/c1-3-5-7-9-11-13-14-15-16-17-18-20-21-23-25-30(40)29(38-36(44)31(41)26-24-22-19-12-10-8-6-4-2)28-48-37-34(43)35(50-51(45,46)47)33(42)32(27-39)49-37/h13-14,17-18,23,25,29-35,37,39-43H,3-12,15-16,19-22,24,26-28H2,1-2H3,(H,38,44)(H,45,46,47)/b14-13+,18-17+,25-23+. The van der Waals surface area contributed by atoms with Crippen molar-refractivity contribution in [2.75, 3.05) is 13.2 Å². The van der Waals surface area contributed by atoms with Crippen molar-refractivity contribution in [1.29, 1.82) is 0 Å². The average molecular weight is 750 g/mol. The second-order valence-corrected chi connectivity index (χ2v) is 14.3. The SMILES string of the molecule is CCCCCC/C=C/CC/C=C/CC/C=C/C(O)C(COC1OC(CO)C(O)C(OS(=O)(=O)O)C1O)NC(=O)C(O)CCCCCCCCCC. The van der Waals surface area contributed by atoms with Crippen molar-refractivity contribution in [1.82, 2.24) is 5.32 Å². The zero-order valence-electron chi connectivity index (χ0n) is 30.8. The van der Waals surface area contributed by atoms with Crippen LogP contribution in [0.5, 0.6) is 0 Å². The van der Waals surface area contributed by atoms with Crippen molar-refractivity contribution in [2.24, 2.45) is 0 Å². The number of allylic oxidation sites excluding steroid dienone is 5. The Balaban J connectivity index is 2.77. The number of aliphatic hydroxyl groups excluding tert-OH is 5. The zero-order valence-corrected chi connectivity index (χ0v) is 31.6. The summed E-state index contributed by atoms with van der Waals surface area (Å²) in [5, 5.41) is 54.7. The molecule has 1 saturated heterocycles. The van der Waals surface area contributed by atoms with Gasteiger partial charge in [-0.3, -0.25) is 9.35 Å². The van der Waals surface area contributed by atoms with E-state index >= 15 is 0 Å². The molecule has 1 aliphatic heterocycles. The lowest BCUT2D eigenvalue weighted by Crippen LogP contribution is -2.61. The predicted octanol–water partition coefficient (Wildman–Crippen LogP) is 4.57. The van der Waals surface area contributed by atoms with Crippen LogP contribution in [0, 0.1) is 0 Å². The highest BCUT2D eigenvalue weighted by molar-refractivity contribution is 7.80. The number of carbonyl (C=O) groups is 1. The summed E-state index contributed by atoms with van der Waals surface area (Å²) < 4.78 is 47.2. The number of nitrogens with one attached hydrogen (secondary N) is 1. The summed E-state index contributed by atoms with van der Waals surface area (Å²) in [6.07, 6.45) is 18.4. The van der Waals surface area contributed by atoms with E-state index in [1.165, 1.54) is 51.0 Å². The van der Waals surface area contributed by atoms with Crippen molar-refractivity contribution < 1.29 is 57.0 Å². The van der Waals surface area contributed by atoms with E-state index in [9.17, 15) is 38.7 Å². The molecule has 0 spiro atoms. The summed E-state index contributed by atoms with van der Waals surface area (Å²) in [5.74, 6) is -0.724. The average Bonchev–Trinajstić information content (AvgIpc) is 3.09. The Kier molecular flexibility index (Phi) is 26.7. The maximum Gasteiger partial charge on any atom is 0.397 e. The van der Waals surface area contributed by atoms with Gasteiger partial charge < -0.3 is 40.3 Å². The van der Waals surface area contributed by atoms with Crippen LogP contribution in [-0.2, 0) is 28.9 Å². The lowest BCUT2D eigenvalue weighted by atomic mass is 9.99. The molecule has 7 N–H and O–H groups in total. The predicted molar refractivity (Wildman–Crippen MR) is 196 cm³/mol. The summed E-state index contributed by atoms with van der Waals surface area (Å²) in [7, 11) is -5.11. The van der Waals surface area contributed by atoms with Crippen molar-refractivity contribution in [3.05, 3.63) is 36.5 Å². The molecule has 14 heteroatoms. The van der Waals surface area contributed by atoms with Gasteiger partial charge in [0.05, 0.1) is 25.4 Å². The van der Waals surface area contributed by atoms with Gasteiger partial charge >= 0.3 is 10.4 Å². The molecule has 1 heterocycles. The number of carbonyl (C=O) groups excluding carboxylic acids is 1. The van der Waals surface area contributed by atoms with Gasteiger partial charge in [0.15, 0.2) is 6.29 Å². The van der Waals surface area contributed by atoms with E-state index < -0.39 is 78.5 Å². The van der Waals surface area contributed by atoms with Crippen LogP contribution in [0.25, 0.3) is 0 Å². The molecule has 0 bridgehead atoms. The quantitative estimate of drug-likeness (QED) is 0.0306. The molecule has 1 aliphatic rings. The number of rotatable bonds is 30. The first-order chi connectivity index (χ1) is 24.4. The van der Waals surface area contributed by atoms with E-state index in [1.807, 2.05) is 0 Å². The third-order valence-electron chi connectivity index (χ3n) is 8.76. The Morgan fingerprint density at radius 3 is 1.88 bits per heavy atom. The van der Waals surface area contributed by atoms with Crippen LogP contribution >= 0.6 is 0 Å². The fourth-order valence-electron chi connectivity index (χ4n) is 5.67. The molecule has 0 aromatic rings. The van der Waals surface area contributed by atoms with E-state index in [4.69, 9.17) is 14.0 Å². The van der Waals surface area contributed by atoms with Gasteiger partial charge in [-0.1, -0.05) is 121 Å². The molecule has 298 valence electrons. The Hall–Kier alpha value is -1.72. The molecule has 0 aliphatic carbocycles. The zero-order chi connectivity index (χ0) is 37.9. The normalized spacial score (nSPS) is 23.3. The maximum absolute atomic E-state index is 12.9. The summed E-state index contributed by atoms with van der Waals surface area (Å²) >= 11 is 0. The molecule has 13 nitrogen and oxygen atoms in total. The number of aliphatic hydroxyl groups is 5. The number of ether oxygens (including phenoxy) is 2. The van der Waals surface area contributed by atoms with Crippen LogP contribution in [0.4, 0.5) is 0 Å². The Bertz CT molecular complexity index is 1090. The van der Waals surface area contributed by atoms with Gasteiger partial charge in [0, 0.05) is 0 Å². The van der Waals surface area contributed by atoms with Crippen LogP contribution in [0.3, 0.4) is 0 Å². The minimum atomic E-state index is -5.11. The van der Waals surface area contributed by atoms with Crippen molar-refractivity contribution >= 4 is 16.3 Å². The molecule has 8 atom stereocenters. The molecule has 51 heavy (non-hydrogen) atoms. The highest BCUT2D eigenvalue weighted by Gasteiger charge is 2.48. The molecular weight excluding hydrogens is 682 g/mol. The highest BCUT2D eigenvalue weighted by Crippen LogP contribution is 2.26. The second kappa shape index (κ2) is 28.7. The highest BCUT2D eigenvalue weighted by atomic mass is 32.3. The van der Waals surface area contributed by atoms with Crippen molar-refractivity contribution in [3.8, 4) is 0 Å². The van der Waals surface area contributed by atoms with Gasteiger partial charge in [-0.05, 0) is 44.9 Å². The number of amides is 1. The molecular formula is C37H67NO12S. The number of hydrogen-bond acceptors (Lipinski definition) is 11. The summed E-state index contributed by atoms with van der Waals surface area (Å²) in [5.41, 5.74) is 0. The second-order valence-electron chi connectivity index (χ2n) is 13.3. The topological polar surface area (TPSA) is 212 Å². The Labute approximate surface area is 306 Å². The third kappa shape index (κ3) is 22.2. The van der Waals surface area contributed by atoms with Gasteiger partial charge in [-0.2, -0.15) is 8.42 Å². The largest absolute Gasteiger partial charge is 0.397 e. The van der Waals surface area contributed by atoms with E-state index in [2.05, 4.69) is 47.7 Å². The van der Waals surface area contributed by atoms with Crippen molar-refractivity contribution in [2.45, 2.75) is 178 Å². The molecule has 0 aromatic heterocycles. The van der Waals surface area contributed by atoms with E-state index in [0.717, 1.165) is 51.4 Å². The minimum absolute atomic E-state index is 0.233. The van der Waals surface area contributed by atoms with Gasteiger partial charge in [0.2, 0.25) is 5.91 Å². The monoisotopic (exact) mass is 749 g/mol. The van der Waals surface area contributed by atoms with Gasteiger partial charge in [0.25, 0.3) is 0 Å². The maximum atomic E-state index is 12.9. The number of hydrogen-bond donors (Lipinski definition) is 7. The van der Waals surface area contributed by atoms with Crippen LogP contribution in [0.1, 0.15) is 129 Å². The molecule has 1 fully saturated rings. The summed E-state index contributed by atoms with van der Waals surface area (Å²) in [4.78, 5) is 12.9. The van der Waals surface area contributed by atoms with Crippen LogP contribution < -0.4 is 5.32 Å². The Morgan fingerprint density at radius 1 is 0.784 bits per heavy atom. The Morgan fingerprint density at radius 2 is 1.31 bits per heavy atom. The summed E-state index contributed by atoms with van der Waals surface area (Å²) in [6, 6.07) is -1.14. The number of unbranched alkanes of at least 4 members (excludes halogenated alkanes) is 13. The van der Waals surface area contributed by atoms with Crippen LogP contribution in [-0.4, -0.2) is 107 Å². The lowest BCUT2D eigenvalue weighted by Gasteiger charge is -2.41. The first-order valence-corrected chi connectivity index (χ1v) is 20.3. The molecule has 0 saturated carbocycles. The lowest BCUT2D eigenvalue weighted by molar-refractivity contribution is -0.298. The van der Waals surface area contributed by atoms with E-state index in [-0.39, 0.29) is 6.42 Å². The minimum Gasteiger partial charge on any atom is -0.394 e. The van der Waals surface area contributed by atoms with Gasteiger partial charge in [-0.15, -0.1) is 0 Å². The molecule has 8 unspecified atom stereocenters. The third-order valence-corrected chi connectivity index (χ3v) is 9.22. The van der Waals surface area contributed by atoms with Crippen LogP contribution in [0.2, 0.25) is 0 Å². The van der Waals surface area contributed by atoms with Gasteiger partial charge in [0.1, 0.15) is 30.5 Å². The van der Waals surface area contributed by atoms with E-state index in [1.54, 1.807) is 6.08 Å². The van der Waals surface area contributed by atoms with E-state index in [0.29, 0.717) is 12.8 Å². The van der Waals surface area contributed by atoms with Crippen LogP contribution in [0.15, 0.2) is 36.5 Å². The summed E-state index contributed by atoms with van der Waals surface area (Å²) in [6.45, 7) is 3.08. The fourth-order valence-corrected chi connectivity index (χ4v) is 6.17. The molecule has 1 amide bonds. The molecule has 1 rings (SSSR count). The first-order valence-electron chi connectivity index (χ1n) is 19.0. The smallest absolute Gasteiger partial charge is 0.394 e. The molecule has 0 aromatic carbocycles. The molecule has 0 radical (unpaired) electrons.